The van der Waals surface area contributed by atoms with Gasteiger partial charge < -0.3 is 15.1 Å². The van der Waals surface area contributed by atoms with Crippen molar-refractivity contribution in [3.8, 4) is 0 Å². The summed E-state index contributed by atoms with van der Waals surface area (Å²) < 4.78 is 0. The van der Waals surface area contributed by atoms with Gasteiger partial charge in [-0.15, -0.1) is 0 Å². The Morgan fingerprint density at radius 3 is 2.32 bits per heavy atom. The number of hydrogen-bond acceptors (Lipinski definition) is 3. The minimum atomic E-state index is -0.124. The zero-order valence-electron chi connectivity index (χ0n) is 10.9. The third-order valence-corrected chi connectivity index (χ3v) is 4.14. The molecular weight excluding hydrogens is 246 g/mol. The van der Waals surface area contributed by atoms with Crippen LogP contribution in [0.25, 0.3) is 0 Å². The van der Waals surface area contributed by atoms with Gasteiger partial charge in [0.25, 0.3) is 0 Å². The number of hydrogen-bond donors (Lipinski definition) is 1. The van der Waals surface area contributed by atoms with E-state index in [2.05, 4.69) is 5.32 Å². The normalized spacial score (nSPS) is 29.9. The molecular formula is C13H19N3O3. The van der Waals surface area contributed by atoms with Crippen LogP contribution >= 0.6 is 0 Å². The highest BCUT2D eigenvalue weighted by Gasteiger charge is 2.50. The van der Waals surface area contributed by atoms with Crippen molar-refractivity contribution in [3.05, 3.63) is 0 Å². The van der Waals surface area contributed by atoms with Crippen molar-refractivity contribution in [3.63, 3.8) is 0 Å². The molecule has 0 aromatic carbocycles. The summed E-state index contributed by atoms with van der Waals surface area (Å²) in [5.41, 5.74) is 0. The Balaban J connectivity index is 1.46. The quantitative estimate of drug-likeness (QED) is 0.677. The van der Waals surface area contributed by atoms with Crippen LogP contribution in [0.3, 0.4) is 0 Å². The molecule has 3 amide bonds. The molecule has 2 unspecified atom stereocenters. The van der Waals surface area contributed by atoms with E-state index in [1.54, 1.807) is 9.80 Å². The lowest BCUT2D eigenvalue weighted by Gasteiger charge is -2.32. The maximum Gasteiger partial charge on any atom is 0.226 e. The van der Waals surface area contributed by atoms with Crippen LogP contribution in [0.5, 0.6) is 0 Å². The van der Waals surface area contributed by atoms with E-state index in [-0.39, 0.29) is 23.7 Å². The number of amides is 3. The predicted octanol–water partition coefficient (Wildman–Crippen LogP) is -0.798. The van der Waals surface area contributed by atoms with E-state index < -0.39 is 0 Å². The summed E-state index contributed by atoms with van der Waals surface area (Å²) in [6, 6.07) is 0.361. The van der Waals surface area contributed by atoms with Gasteiger partial charge in [0.1, 0.15) is 0 Å². The molecule has 1 heterocycles. The summed E-state index contributed by atoms with van der Waals surface area (Å²) >= 11 is 0. The third kappa shape index (κ3) is 2.72. The van der Waals surface area contributed by atoms with Crippen molar-refractivity contribution >= 4 is 18.2 Å². The second-order valence-corrected chi connectivity index (χ2v) is 5.70. The number of carbonyl (C=O) groups excluding carboxylic acids is 3. The molecule has 0 aromatic heterocycles. The first-order chi connectivity index (χ1) is 9.19. The summed E-state index contributed by atoms with van der Waals surface area (Å²) in [6.45, 7) is 2.37. The lowest BCUT2D eigenvalue weighted by atomic mass is 10.2. The standard InChI is InChI=1S/C13H19N3O3/c17-8-15-3-5-16(6-4-15)13(19)11-7-10(11)12(18)14-9-1-2-9/h8-11H,1-7H2,(H,14,18). The second-order valence-electron chi connectivity index (χ2n) is 5.70. The average molecular weight is 265 g/mol. The molecule has 6 heteroatoms. The van der Waals surface area contributed by atoms with E-state index in [1.165, 1.54) is 0 Å². The monoisotopic (exact) mass is 265 g/mol. The molecule has 3 aliphatic rings. The van der Waals surface area contributed by atoms with Gasteiger partial charge in [0, 0.05) is 32.2 Å². The zero-order valence-corrected chi connectivity index (χ0v) is 10.9. The summed E-state index contributed by atoms with van der Waals surface area (Å²) in [7, 11) is 0. The Labute approximate surface area is 112 Å². The van der Waals surface area contributed by atoms with Crippen molar-refractivity contribution in [1.82, 2.24) is 15.1 Å². The molecule has 3 fully saturated rings. The maximum absolute atomic E-state index is 12.2. The molecule has 0 bridgehead atoms. The predicted molar refractivity (Wildman–Crippen MR) is 67.0 cm³/mol. The van der Waals surface area contributed by atoms with Gasteiger partial charge in [-0.05, 0) is 19.3 Å². The second kappa shape index (κ2) is 4.83. The maximum atomic E-state index is 12.2. The molecule has 2 aliphatic carbocycles. The molecule has 1 N–H and O–H groups in total. The van der Waals surface area contributed by atoms with Crippen LogP contribution in [0.15, 0.2) is 0 Å². The van der Waals surface area contributed by atoms with Crippen LogP contribution in [0.2, 0.25) is 0 Å². The molecule has 2 saturated carbocycles. The molecule has 2 atom stereocenters. The molecule has 1 saturated heterocycles. The Bertz CT molecular complexity index is 400. The minimum absolute atomic E-state index is 0.0485. The van der Waals surface area contributed by atoms with Crippen molar-refractivity contribution in [2.45, 2.75) is 25.3 Å². The molecule has 19 heavy (non-hydrogen) atoms. The largest absolute Gasteiger partial charge is 0.353 e. The summed E-state index contributed by atoms with van der Waals surface area (Å²) in [6.07, 6.45) is 3.66. The van der Waals surface area contributed by atoms with Crippen LogP contribution < -0.4 is 5.32 Å². The van der Waals surface area contributed by atoms with Crippen molar-refractivity contribution < 1.29 is 14.4 Å². The van der Waals surface area contributed by atoms with E-state index in [4.69, 9.17) is 0 Å². The van der Waals surface area contributed by atoms with Crippen LogP contribution in [0, 0.1) is 11.8 Å². The first-order valence-corrected chi connectivity index (χ1v) is 6.97. The number of nitrogens with one attached hydrogen (secondary N) is 1. The Kier molecular flexibility index (Phi) is 3.16. The van der Waals surface area contributed by atoms with E-state index >= 15 is 0 Å². The highest BCUT2D eigenvalue weighted by atomic mass is 16.2. The smallest absolute Gasteiger partial charge is 0.226 e. The van der Waals surface area contributed by atoms with Gasteiger partial charge in [0.05, 0.1) is 11.8 Å². The van der Waals surface area contributed by atoms with E-state index in [0.717, 1.165) is 19.3 Å². The molecule has 3 rings (SSSR count). The SMILES string of the molecule is O=CN1CCN(C(=O)C2CC2C(=O)NC2CC2)CC1. The minimum Gasteiger partial charge on any atom is -0.353 e. The third-order valence-electron chi connectivity index (χ3n) is 4.14. The zero-order chi connectivity index (χ0) is 13.4. The summed E-state index contributed by atoms with van der Waals surface area (Å²) in [5.74, 6) is -0.104. The fourth-order valence-electron chi connectivity index (χ4n) is 2.58. The van der Waals surface area contributed by atoms with Crippen LogP contribution in [0.4, 0.5) is 0 Å². The lowest BCUT2D eigenvalue weighted by Crippen LogP contribution is -2.49. The van der Waals surface area contributed by atoms with Crippen molar-refractivity contribution in [2.75, 3.05) is 26.2 Å². The number of piperazine rings is 1. The number of nitrogens with zero attached hydrogens (tertiary/aromatic N) is 2. The van der Waals surface area contributed by atoms with Gasteiger partial charge in [-0.2, -0.15) is 0 Å². The fourth-order valence-corrected chi connectivity index (χ4v) is 2.58. The molecule has 0 spiro atoms. The van der Waals surface area contributed by atoms with Gasteiger partial charge in [-0.1, -0.05) is 0 Å². The molecule has 0 aromatic rings. The number of rotatable bonds is 4. The molecule has 0 radical (unpaired) electrons. The van der Waals surface area contributed by atoms with E-state index in [0.29, 0.717) is 38.6 Å². The van der Waals surface area contributed by atoms with Gasteiger partial charge in [-0.3, -0.25) is 14.4 Å². The van der Waals surface area contributed by atoms with E-state index in [9.17, 15) is 14.4 Å². The molecule has 104 valence electrons. The first kappa shape index (κ1) is 12.4. The fraction of sp³-hybridized carbons (Fsp3) is 0.769. The van der Waals surface area contributed by atoms with Crippen molar-refractivity contribution in [1.29, 1.82) is 0 Å². The summed E-state index contributed by atoms with van der Waals surface area (Å²) in [4.78, 5) is 38.1. The topological polar surface area (TPSA) is 69.7 Å². The van der Waals surface area contributed by atoms with Crippen LogP contribution in [-0.2, 0) is 14.4 Å². The van der Waals surface area contributed by atoms with Gasteiger partial charge in [0.2, 0.25) is 18.2 Å². The number of carbonyl (C=O) groups is 3. The van der Waals surface area contributed by atoms with Gasteiger partial charge in [-0.25, -0.2) is 0 Å². The lowest BCUT2D eigenvalue weighted by molar-refractivity contribution is -0.137. The molecule has 6 nitrogen and oxygen atoms in total. The van der Waals surface area contributed by atoms with Crippen molar-refractivity contribution in [2.24, 2.45) is 11.8 Å². The highest BCUT2D eigenvalue weighted by Crippen LogP contribution is 2.40. The van der Waals surface area contributed by atoms with Crippen LogP contribution in [0.1, 0.15) is 19.3 Å². The van der Waals surface area contributed by atoms with Gasteiger partial charge in [0.15, 0.2) is 0 Å². The van der Waals surface area contributed by atoms with E-state index in [1.807, 2.05) is 0 Å². The average Bonchev–Trinajstić information content (AvgIpc) is 3.31. The Hall–Kier alpha value is -1.59. The Morgan fingerprint density at radius 2 is 1.74 bits per heavy atom. The highest BCUT2D eigenvalue weighted by molar-refractivity contribution is 5.92. The molecule has 1 aliphatic heterocycles. The van der Waals surface area contributed by atoms with Gasteiger partial charge >= 0.3 is 0 Å². The first-order valence-electron chi connectivity index (χ1n) is 6.97. The summed E-state index contributed by atoms with van der Waals surface area (Å²) in [5, 5.41) is 2.96. The van der Waals surface area contributed by atoms with Crippen LogP contribution in [-0.4, -0.2) is 60.2 Å². The Morgan fingerprint density at radius 1 is 1.05 bits per heavy atom.